The molecule has 0 bridgehead atoms. The second-order valence-corrected chi connectivity index (χ2v) is 6.21. The topological polar surface area (TPSA) is 64.7 Å². The third kappa shape index (κ3) is 4.00. The van der Waals surface area contributed by atoms with Crippen LogP contribution in [-0.4, -0.2) is 25.5 Å². The fraction of sp³-hybridized carbons (Fsp3) is 0.188. The number of hydrogen-bond acceptors (Lipinski definition) is 3. The molecule has 1 N–H and O–H groups in total. The van der Waals surface area contributed by atoms with E-state index < -0.39 is 0 Å². The van der Waals surface area contributed by atoms with Crippen LogP contribution in [0.1, 0.15) is 11.3 Å². The average molecular weight is 382 g/mol. The van der Waals surface area contributed by atoms with Crippen LogP contribution >= 0.6 is 23.2 Å². The minimum Gasteiger partial charge on any atom is -0.306 e. The summed E-state index contributed by atoms with van der Waals surface area (Å²) in [7, 11) is 0. The molecule has 1 amide bonds. The number of rotatable bonds is 5. The highest BCUT2D eigenvalue weighted by Crippen LogP contribution is 2.21. The van der Waals surface area contributed by atoms with Gasteiger partial charge >= 0.3 is 0 Å². The van der Waals surface area contributed by atoms with E-state index in [9.17, 15) is 9.18 Å². The van der Waals surface area contributed by atoms with Crippen LogP contribution in [0.2, 0.25) is 10.0 Å². The van der Waals surface area contributed by atoms with Crippen molar-refractivity contribution in [2.24, 2.45) is 0 Å². The molecule has 0 fully saturated rings. The second kappa shape index (κ2) is 7.25. The second-order valence-electron chi connectivity index (χ2n) is 5.40. The van der Waals surface area contributed by atoms with Crippen molar-refractivity contribution in [3.8, 4) is 0 Å². The van der Waals surface area contributed by atoms with Gasteiger partial charge in [0.05, 0.1) is 23.5 Å². The van der Waals surface area contributed by atoms with Gasteiger partial charge in [-0.1, -0.05) is 41.4 Å². The number of benzene rings is 1. The lowest BCUT2D eigenvalue weighted by Gasteiger charge is -2.05. The molecule has 130 valence electrons. The first-order valence-electron chi connectivity index (χ1n) is 7.38. The molecule has 0 saturated heterocycles. The van der Waals surface area contributed by atoms with Crippen LogP contribution < -0.4 is 5.32 Å². The first kappa shape index (κ1) is 17.4. The molecule has 0 saturated carbocycles. The fourth-order valence-corrected chi connectivity index (χ4v) is 2.59. The summed E-state index contributed by atoms with van der Waals surface area (Å²) in [6.45, 7) is 1.95. The Labute approximate surface area is 153 Å². The number of carbonyl (C=O) groups is 1. The minimum atomic E-state index is -0.346. The molecule has 2 aromatic heterocycles. The lowest BCUT2D eigenvalue weighted by atomic mass is 10.2. The molecule has 0 aliphatic heterocycles. The Bertz CT molecular complexity index is 921. The van der Waals surface area contributed by atoms with Gasteiger partial charge in [0.2, 0.25) is 5.91 Å². The molecule has 3 aromatic rings. The van der Waals surface area contributed by atoms with E-state index in [4.69, 9.17) is 23.2 Å². The summed E-state index contributed by atoms with van der Waals surface area (Å²) in [6, 6.07) is 6.39. The molecule has 2 heterocycles. The van der Waals surface area contributed by atoms with Gasteiger partial charge in [-0.2, -0.15) is 10.2 Å². The summed E-state index contributed by atoms with van der Waals surface area (Å²) in [5, 5.41) is 11.6. The molecule has 0 radical (unpaired) electrons. The van der Waals surface area contributed by atoms with E-state index >= 15 is 0 Å². The highest BCUT2D eigenvalue weighted by molar-refractivity contribution is 6.33. The predicted molar refractivity (Wildman–Crippen MR) is 93.3 cm³/mol. The van der Waals surface area contributed by atoms with Crippen LogP contribution in [-0.2, 0) is 17.9 Å². The molecule has 6 nitrogen and oxygen atoms in total. The Morgan fingerprint density at radius 1 is 1.28 bits per heavy atom. The Balaban J connectivity index is 1.69. The van der Waals surface area contributed by atoms with Crippen molar-refractivity contribution in [2.45, 2.75) is 20.0 Å². The number of nitrogens with zero attached hydrogens (tertiary/aromatic N) is 4. The van der Waals surface area contributed by atoms with E-state index in [1.54, 1.807) is 25.1 Å². The van der Waals surface area contributed by atoms with Crippen LogP contribution in [0.3, 0.4) is 0 Å². The number of nitrogens with one attached hydrogen (secondary N) is 1. The van der Waals surface area contributed by atoms with E-state index in [2.05, 4.69) is 15.5 Å². The zero-order chi connectivity index (χ0) is 18.0. The third-order valence-electron chi connectivity index (χ3n) is 3.60. The Morgan fingerprint density at radius 3 is 2.72 bits per heavy atom. The largest absolute Gasteiger partial charge is 0.306 e. The highest BCUT2D eigenvalue weighted by atomic mass is 35.5. The van der Waals surface area contributed by atoms with Crippen molar-refractivity contribution >= 4 is 34.9 Å². The normalized spacial score (nSPS) is 10.9. The molecule has 1 aromatic carbocycles. The standard InChI is InChI=1S/C16H14Cl2FN5O/c1-10-12(17)6-20-24(10)9-15(25)21-16-13(18)8-23(22-16)7-11-4-2-3-5-14(11)19/h2-6,8H,7,9H2,1H3,(H,21,22,25). The number of aromatic nitrogens is 4. The van der Waals surface area contributed by atoms with E-state index in [-0.39, 0.29) is 35.7 Å². The molecule has 0 spiro atoms. The van der Waals surface area contributed by atoms with Crippen LogP contribution in [0, 0.1) is 12.7 Å². The summed E-state index contributed by atoms with van der Waals surface area (Å²) in [5.41, 5.74) is 1.16. The van der Waals surface area contributed by atoms with E-state index in [0.717, 1.165) is 0 Å². The smallest absolute Gasteiger partial charge is 0.247 e. The van der Waals surface area contributed by atoms with E-state index in [1.807, 2.05) is 0 Å². The molecule has 9 heteroatoms. The SMILES string of the molecule is Cc1c(Cl)cnn1CC(=O)Nc1nn(Cc2ccccc2F)cc1Cl. The van der Waals surface area contributed by atoms with Gasteiger partial charge in [-0.05, 0) is 13.0 Å². The van der Waals surface area contributed by atoms with Gasteiger partial charge in [-0.25, -0.2) is 4.39 Å². The van der Waals surface area contributed by atoms with Gasteiger partial charge in [0.1, 0.15) is 17.4 Å². The number of amides is 1. The van der Waals surface area contributed by atoms with Crippen molar-refractivity contribution in [1.82, 2.24) is 19.6 Å². The van der Waals surface area contributed by atoms with Gasteiger partial charge in [-0.15, -0.1) is 0 Å². The summed E-state index contributed by atoms with van der Waals surface area (Å²) in [5.74, 6) is -0.467. The van der Waals surface area contributed by atoms with Crippen molar-refractivity contribution in [3.05, 3.63) is 63.8 Å². The maximum absolute atomic E-state index is 13.7. The third-order valence-corrected chi connectivity index (χ3v) is 4.25. The maximum atomic E-state index is 13.7. The van der Waals surface area contributed by atoms with Gasteiger partial charge in [0.15, 0.2) is 5.82 Å². The maximum Gasteiger partial charge on any atom is 0.247 e. The Kier molecular flexibility index (Phi) is 5.06. The number of carbonyl (C=O) groups excluding carboxylic acids is 1. The predicted octanol–water partition coefficient (Wildman–Crippen LogP) is 3.52. The van der Waals surface area contributed by atoms with Gasteiger partial charge in [0.25, 0.3) is 0 Å². The van der Waals surface area contributed by atoms with Crippen molar-refractivity contribution in [3.63, 3.8) is 0 Å². The summed E-state index contributed by atoms with van der Waals surface area (Å²) in [6.07, 6.45) is 3.00. The first-order chi connectivity index (χ1) is 11.9. The van der Waals surface area contributed by atoms with Crippen LogP contribution in [0.5, 0.6) is 0 Å². The Hall–Kier alpha value is -2.38. The highest BCUT2D eigenvalue weighted by Gasteiger charge is 2.14. The van der Waals surface area contributed by atoms with Crippen LogP contribution in [0.4, 0.5) is 10.2 Å². The van der Waals surface area contributed by atoms with Gasteiger partial charge in [-0.3, -0.25) is 14.2 Å². The summed E-state index contributed by atoms with van der Waals surface area (Å²) >= 11 is 12.0. The van der Waals surface area contributed by atoms with E-state index in [0.29, 0.717) is 16.3 Å². The zero-order valence-corrected chi connectivity index (χ0v) is 14.7. The monoisotopic (exact) mass is 381 g/mol. The molecule has 3 rings (SSSR count). The summed E-state index contributed by atoms with van der Waals surface area (Å²) in [4.78, 5) is 12.1. The van der Waals surface area contributed by atoms with Crippen LogP contribution in [0.25, 0.3) is 0 Å². The lowest BCUT2D eigenvalue weighted by Crippen LogP contribution is -2.20. The van der Waals surface area contributed by atoms with Gasteiger partial charge < -0.3 is 5.32 Å². The van der Waals surface area contributed by atoms with Crippen molar-refractivity contribution in [1.29, 1.82) is 0 Å². The summed E-state index contributed by atoms with van der Waals surface area (Å²) < 4.78 is 16.6. The molecule has 0 aliphatic rings. The number of anilines is 1. The average Bonchev–Trinajstić information content (AvgIpc) is 3.06. The fourth-order valence-electron chi connectivity index (χ4n) is 2.25. The minimum absolute atomic E-state index is 0.0188. The number of hydrogen-bond donors (Lipinski definition) is 1. The molecular weight excluding hydrogens is 368 g/mol. The van der Waals surface area contributed by atoms with Crippen molar-refractivity contribution in [2.75, 3.05) is 5.32 Å². The quantitative estimate of drug-likeness (QED) is 0.735. The number of halogens is 3. The zero-order valence-electron chi connectivity index (χ0n) is 13.2. The lowest BCUT2D eigenvalue weighted by molar-refractivity contribution is -0.117. The van der Waals surface area contributed by atoms with Crippen LogP contribution in [0.15, 0.2) is 36.7 Å². The molecule has 0 unspecified atom stereocenters. The first-order valence-corrected chi connectivity index (χ1v) is 8.13. The van der Waals surface area contributed by atoms with Gasteiger partial charge in [0, 0.05) is 11.8 Å². The molecule has 0 atom stereocenters. The molecular formula is C16H14Cl2FN5O. The molecule has 0 aliphatic carbocycles. The Morgan fingerprint density at radius 2 is 2.04 bits per heavy atom. The molecule has 25 heavy (non-hydrogen) atoms. The van der Waals surface area contributed by atoms with E-state index in [1.165, 1.54) is 27.8 Å². The van der Waals surface area contributed by atoms with Crippen molar-refractivity contribution < 1.29 is 9.18 Å².